The van der Waals surface area contributed by atoms with E-state index in [2.05, 4.69) is 5.32 Å². The molecule has 1 fully saturated rings. The zero-order chi connectivity index (χ0) is 16.3. The van der Waals surface area contributed by atoms with E-state index >= 15 is 0 Å². The van der Waals surface area contributed by atoms with Gasteiger partial charge in [0.15, 0.2) is 0 Å². The summed E-state index contributed by atoms with van der Waals surface area (Å²) in [5, 5.41) is 4.72. The topological polar surface area (TPSA) is 41.6 Å². The second-order valence-corrected chi connectivity index (χ2v) is 7.30. The second-order valence-electron chi connectivity index (χ2n) is 6.48. The van der Waals surface area contributed by atoms with Gasteiger partial charge in [0.25, 0.3) is 0 Å². The molecule has 0 spiro atoms. The number of benzene rings is 1. The third-order valence-corrected chi connectivity index (χ3v) is 4.13. The first kappa shape index (κ1) is 17.4. The van der Waals surface area contributed by atoms with Crippen LogP contribution in [0.5, 0.6) is 0 Å². The summed E-state index contributed by atoms with van der Waals surface area (Å²) in [7, 11) is 0. The summed E-state index contributed by atoms with van der Waals surface area (Å²) >= 11 is 12.4. The van der Waals surface area contributed by atoms with Crippen LogP contribution in [0.2, 0.25) is 10.0 Å². The van der Waals surface area contributed by atoms with Crippen LogP contribution in [0.4, 0.5) is 4.79 Å². The van der Waals surface area contributed by atoms with E-state index in [-0.39, 0.29) is 12.1 Å². The van der Waals surface area contributed by atoms with E-state index in [0.717, 1.165) is 12.1 Å². The number of hydrogen-bond donors (Lipinski definition) is 1. The molecular formula is C16H22Cl2N2O2. The molecule has 22 heavy (non-hydrogen) atoms. The van der Waals surface area contributed by atoms with Crippen molar-refractivity contribution in [3.63, 3.8) is 0 Å². The first-order valence-corrected chi connectivity index (χ1v) is 8.16. The highest BCUT2D eigenvalue weighted by atomic mass is 35.5. The largest absolute Gasteiger partial charge is 0.444 e. The van der Waals surface area contributed by atoms with Crippen molar-refractivity contribution in [1.29, 1.82) is 0 Å². The number of rotatable bonds is 2. The highest BCUT2D eigenvalue weighted by molar-refractivity contribution is 6.36. The van der Waals surface area contributed by atoms with Gasteiger partial charge in [-0.25, -0.2) is 4.79 Å². The number of amides is 1. The maximum absolute atomic E-state index is 12.2. The van der Waals surface area contributed by atoms with E-state index < -0.39 is 5.60 Å². The van der Waals surface area contributed by atoms with E-state index in [1.165, 1.54) is 0 Å². The van der Waals surface area contributed by atoms with Gasteiger partial charge >= 0.3 is 6.09 Å². The third-order valence-electron chi connectivity index (χ3n) is 3.42. The van der Waals surface area contributed by atoms with Crippen LogP contribution in [0.1, 0.15) is 26.3 Å². The molecule has 0 unspecified atom stereocenters. The smallest absolute Gasteiger partial charge is 0.410 e. The fourth-order valence-corrected chi connectivity index (χ4v) is 2.98. The lowest BCUT2D eigenvalue weighted by Gasteiger charge is -2.35. The minimum atomic E-state index is -0.483. The van der Waals surface area contributed by atoms with Gasteiger partial charge in [0.2, 0.25) is 0 Å². The quantitative estimate of drug-likeness (QED) is 0.888. The molecule has 0 saturated carbocycles. The minimum Gasteiger partial charge on any atom is -0.444 e. The monoisotopic (exact) mass is 344 g/mol. The average Bonchev–Trinajstić information content (AvgIpc) is 2.41. The lowest BCUT2D eigenvalue weighted by Crippen LogP contribution is -2.54. The Morgan fingerprint density at radius 3 is 2.59 bits per heavy atom. The van der Waals surface area contributed by atoms with Crippen LogP contribution in [0.15, 0.2) is 18.2 Å². The van der Waals surface area contributed by atoms with Crippen LogP contribution in [-0.4, -0.2) is 42.3 Å². The van der Waals surface area contributed by atoms with Crippen LogP contribution < -0.4 is 5.32 Å². The van der Waals surface area contributed by atoms with Crippen molar-refractivity contribution in [1.82, 2.24) is 10.2 Å². The third kappa shape index (κ3) is 4.77. The molecule has 1 aromatic rings. The Morgan fingerprint density at radius 1 is 1.36 bits per heavy atom. The second kappa shape index (κ2) is 7.07. The van der Waals surface area contributed by atoms with Gasteiger partial charge in [0.1, 0.15) is 5.60 Å². The molecule has 1 aliphatic rings. The predicted octanol–water partition coefficient (Wildman–Crippen LogP) is 3.74. The maximum Gasteiger partial charge on any atom is 0.410 e. The number of piperazine rings is 1. The SMILES string of the molecule is CC(C)(C)OC(=O)N1CCN[C@@H](Cc2c(Cl)cccc2Cl)C1. The molecule has 1 saturated heterocycles. The normalized spacial score (nSPS) is 19.1. The zero-order valence-electron chi connectivity index (χ0n) is 13.2. The van der Waals surface area contributed by atoms with Crippen LogP contribution in [-0.2, 0) is 11.2 Å². The van der Waals surface area contributed by atoms with Crippen molar-refractivity contribution in [3.05, 3.63) is 33.8 Å². The van der Waals surface area contributed by atoms with Crippen LogP contribution in [0.3, 0.4) is 0 Å². The fourth-order valence-electron chi connectivity index (χ4n) is 2.43. The van der Waals surface area contributed by atoms with Gasteiger partial charge in [0, 0.05) is 35.7 Å². The molecule has 1 aromatic carbocycles. The molecule has 0 bridgehead atoms. The minimum absolute atomic E-state index is 0.110. The Labute approximate surface area is 141 Å². The van der Waals surface area contributed by atoms with Crippen molar-refractivity contribution in [3.8, 4) is 0 Å². The standard InChI is InChI=1S/C16H22Cl2N2O2/c1-16(2,3)22-15(21)20-8-7-19-11(10-20)9-12-13(17)5-4-6-14(12)18/h4-6,11,19H,7-10H2,1-3H3/t11-/m0/s1. The molecule has 1 N–H and O–H groups in total. The van der Waals surface area contributed by atoms with Gasteiger partial charge in [-0.1, -0.05) is 29.3 Å². The summed E-state index contributed by atoms with van der Waals surface area (Å²) in [5.74, 6) is 0. The van der Waals surface area contributed by atoms with E-state index in [4.69, 9.17) is 27.9 Å². The molecule has 0 radical (unpaired) electrons. The molecule has 2 rings (SSSR count). The lowest BCUT2D eigenvalue weighted by molar-refractivity contribution is 0.0195. The molecule has 1 aliphatic heterocycles. The fraction of sp³-hybridized carbons (Fsp3) is 0.562. The van der Waals surface area contributed by atoms with Gasteiger partial charge < -0.3 is 15.0 Å². The molecular weight excluding hydrogens is 323 g/mol. The van der Waals surface area contributed by atoms with Crippen molar-refractivity contribution in [2.45, 2.75) is 38.8 Å². The number of carbonyl (C=O) groups is 1. The summed E-state index contributed by atoms with van der Waals surface area (Å²) in [5.41, 5.74) is 0.429. The molecule has 0 aliphatic carbocycles. The Morgan fingerprint density at radius 2 is 2.00 bits per heavy atom. The lowest BCUT2D eigenvalue weighted by atomic mass is 10.0. The van der Waals surface area contributed by atoms with E-state index in [9.17, 15) is 4.79 Å². The first-order valence-electron chi connectivity index (χ1n) is 7.40. The van der Waals surface area contributed by atoms with Crippen molar-refractivity contribution >= 4 is 29.3 Å². The molecule has 1 atom stereocenters. The van der Waals surface area contributed by atoms with Gasteiger partial charge in [0.05, 0.1) is 0 Å². The molecule has 4 nitrogen and oxygen atoms in total. The van der Waals surface area contributed by atoms with Crippen LogP contribution in [0.25, 0.3) is 0 Å². The average molecular weight is 345 g/mol. The van der Waals surface area contributed by atoms with Crippen LogP contribution >= 0.6 is 23.2 Å². The Hall–Kier alpha value is -0.970. The summed E-state index contributed by atoms with van der Waals surface area (Å²) in [6.07, 6.45) is 0.405. The number of nitrogens with one attached hydrogen (secondary N) is 1. The number of halogens is 2. The molecule has 6 heteroatoms. The Kier molecular flexibility index (Phi) is 5.59. The molecule has 1 heterocycles. The Bertz CT molecular complexity index is 523. The Balaban J connectivity index is 2.00. The highest BCUT2D eigenvalue weighted by Crippen LogP contribution is 2.26. The summed E-state index contributed by atoms with van der Waals surface area (Å²) in [4.78, 5) is 13.9. The van der Waals surface area contributed by atoms with E-state index in [1.54, 1.807) is 4.90 Å². The van der Waals surface area contributed by atoms with E-state index in [0.29, 0.717) is 29.6 Å². The van der Waals surface area contributed by atoms with Gasteiger partial charge in [-0.05, 0) is 44.9 Å². The van der Waals surface area contributed by atoms with Gasteiger partial charge in [-0.15, -0.1) is 0 Å². The highest BCUT2D eigenvalue weighted by Gasteiger charge is 2.28. The van der Waals surface area contributed by atoms with Crippen molar-refractivity contribution in [2.24, 2.45) is 0 Å². The summed E-state index contributed by atoms with van der Waals surface area (Å²) < 4.78 is 5.43. The maximum atomic E-state index is 12.2. The molecule has 0 aromatic heterocycles. The van der Waals surface area contributed by atoms with E-state index in [1.807, 2.05) is 39.0 Å². The zero-order valence-corrected chi connectivity index (χ0v) is 14.7. The number of nitrogens with zero attached hydrogens (tertiary/aromatic N) is 1. The summed E-state index contributed by atoms with van der Waals surface area (Å²) in [6.45, 7) is 7.56. The number of ether oxygens (including phenoxy) is 1. The molecule has 122 valence electrons. The van der Waals surface area contributed by atoms with Crippen molar-refractivity contribution < 1.29 is 9.53 Å². The number of hydrogen-bond acceptors (Lipinski definition) is 3. The number of carbonyl (C=O) groups excluding carboxylic acids is 1. The van der Waals surface area contributed by atoms with Gasteiger partial charge in [-0.2, -0.15) is 0 Å². The van der Waals surface area contributed by atoms with Crippen LogP contribution in [0, 0.1) is 0 Å². The first-order chi connectivity index (χ1) is 10.3. The predicted molar refractivity (Wildman–Crippen MR) is 89.8 cm³/mol. The molecule has 1 amide bonds. The van der Waals surface area contributed by atoms with Crippen molar-refractivity contribution in [2.75, 3.05) is 19.6 Å². The van der Waals surface area contributed by atoms with Gasteiger partial charge in [-0.3, -0.25) is 0 Å². The summed E-state index contributed by atoms with van der Waals surface area (Å²) in [6, 6.07) is 5.60.